The van der Waals surface area contributed by atoms with Gasteiger partial charge >= 0.3 is 0 Å². The van der Waals surface area contributed by atoms with Gasteiger partial charge in [0, 0.05) is 37.0 Å². The highest BCUT2D eigenvalue weighted by Crippen LogP contribution is 2.19. The molecule has 1 saturated heterocycles. The van der Waals surface area contributed by atoms with Crippen molar-refractivity contribution in [2.24, 2.45) is 5.92 Å². The number of hydrogen-bond acceptors (Lipinski definition) is 3. The summed E-state index contributed by atoms with van der Waals surface area (Å²) >= 11 is 0. The molecule has 1 unspecified atom stereocenters. The van der Waals surface area contributed by atoms with Gasteiger partial charge < -0.3 is 20.9 Å². The maximum Gasteiger partial charge on any atom is 0.242 e. The molecule has 0 bridgehead atoms. The van der Waals surface area contributed by atoms with Crippen LogP contribution in [0.25, 0.3) is 10.9 Å². The molecule has 2 atom stereocenters. The van der Waals surface area contributed by atoms with E-state index in [-0.39, 0.29) is 11.8 Å². The zero-order chi connectivity index (χ0) is 17.6. The first-order valence-corrected chi connectivity index (χ1v) is 8.94. The highest BCUT2D eigenvalue weighted by molar-refractivity contribution is 5.89. The Morgan fingerprint density at radius 2 is 2.16 bits per heavy atom. The zero-order valence-electron chi connectivity index (χ0n) is 14.6. The lowest BCUT2D eigenvalue weighted by Gasteiger charge is -2.18. The quantitative estimate of drug-likeness (QED) is 0.612. The molecule has 2 amide bonds. The van der Waals surface area contributed by atoms with Crippen LogP contribution < -0.4 is 16.0 Å². The summed E-state index contributed by atoms with van der Waals surface area (Å²) < 4.78 is 0. The Morgan fingerprint density at radius 1 is 1.32 bits per heavy atom. The Balaban J connectivity index is 1.63. The van der Waals surface area contributed by atoms with E-state index >= 15 is 0 Å². The number of carbonyl (C=O) groups excluding carboxylic acids is 2. The van der Waals surface area contributed by atoms with Gasteiger partial charge in [0.05, 0.1) is 0 Å². The third-order valence-electron chi connectivity index (χ3n) is 4.94. The van der Waals surface area contributed by atoms with Crippen molar-refractivity contribution in [1.82, 2.24) is 20.9 Å². The van der Waals surface area contributed by atoms with E-state index < -0.39 is 6.04 Å². The number of carbonyl (C=O) groups is 2. The van der Waals surface area contributed by atoms with Crippen LogP contribution in [0.3, 0.4) is 0 Å². The third kappa shape index (κ3) is 4.39. The summed E-state index contributed by atoms with van der Waals surface area (Å²) in [6, 6.07) is 7.42. The predicted molar refractivity (Wildman–Crippen MR) is 98.2 cm³/mol. The van der Waals surface area contributed by atoms with E-state index in [4.69, 9.17) is 0 Å². The Hall–Kier alpha value is -2.34. The first-order valence-electron chi connectivity index (χ1n) is 8.94. The highest BCUT2D eigenvalue weighted by atomic mass is 16.2. The largest absolute Gasteiger partial charge is 0.361 e. The van der Waals surface area contributed by atoms with E-state index in [0.717, 1.165) is 42.4 Å². The van der Waals surface area contributed by atoms with Crippen LogP contribution in [-0.4, -0.2) is 43.0 Å². The number of fused-ring (bicyclic) bond motifs is 1. The van der Waals surface area contributed by atoms with Crippen molar-refractivity contribution < 1.29 is 9.59 Å². The number of likely N-dealkylation sites (N-methyl/N-ethyl adjacent to an activating group) is 1. The van der Waals surface area contributed by atoms with Crippen molar-refractivity contribution in [2.75, 3.05) is 20.1 Å². The number of H-pyrrole nitrogens is 1. The molecular formula is C19H26N4O2. The molecule has 0 saturated carbocycles. The maximum absolute atomic E-state index is 12.3. The van der Waals surface area contributed by atoms with Gasteiger partial charge in [-0.05, 0) is 43.5 Å². The van der Waals surface area contributed by atoms with Crippen LogP contribution in [0.5, 0.6) is 0 Å². The van der Waals surface area contributed by atoms with Crippen molar-refractivity contribution in [3.63, 3.8) is 0 Å². The van der Waals surface area contributed by atoms with E-state index in [1.807, 2.05) is 30.5 Å². The van der Waals surface area contributed by atoms with Gasteiger partial charge in [-0.25, -0.2) is 0 Å². The van der Waals surface area contributed by atoms with Gasteiger partial charge in [0.1, 0.15) is 6.04 Å². The Kier molecular flexibility index (Phi) is 5.71. The normalized spacial score (nSPS) is 18.2. The average Bonchev–Trinajstić information content (AvgIpc) is 3.29. The first kappa shape index (κ1) is 17.5. The van der Waals surface area contributed by atoms with E-state index in [9.17, 15) is 9.59 Å². The van der Waals surface area contributed by atoms with Crippen molar-refractivity contribution in [3.05, 3.63) is 36.0 Å². The van der Waals surface area contributed by atoms with Crippen LogP contribution in [0, 0.1) is 5.92 Å². The number of benzene rings is 1. The zero-order valence-corrected chi connectivity index (χ0v) is 14.6. The lowest BCUT2D eigenvalue weighted by Crippen LogP contribution is -2.47. The Labute approximate surface area is 147 Å². The van der Waals surface area contributed by atoms with Crippen LogP contribution in [0.1, 0.15) is 24.8 Å². The molecule has 25 heavy (non-hydrogen) atoms. The van der Waals surface area contributed by atoms with Crippen LogP contribution in [0.4, 0.5) is 0 Å². The lowest BCUT2D eigenvalue weighted by molar-refractivity contribution is -0.128. The van der Waals surface area contributed by atoms with Gasteiger partial charge in [-0.1, -0.05) is 18.2 Å². The van der Waals surface area contributed by atoms with E-state index in [1.54, 1.807) is 7.05 Å². The second kappa shape index (κ2) is 8.16. The molecule has 1 aliphatic heterocycles. The van der Waals surface area contributed by atoms with Crippen molar-refractivity contribution in [1.29, 1.82) is 0 Å². The fraction of sp³-hybridized carbons (Fsp3) is 0.474. The molecular weight excluding hydrogens is 316 g/mol. The minimum Gasteiger partial charge on any atom is -0.361 e. The second-order valence-electron chi connectivity index (χ2n) is 6.70. The molecule has 3 rings (SSSR count). The maximum atomic E-state index is 12.3. The predicted octanol–water partition coefficient (Wildman–Crippen LogP) is 1.33. The molecule has 6 nitrogen and oxygen atoms in total. The van der Waals surface area contributed by atoms with Crippen molar-refractivity contribution in [3.8, 4) is 0 Å². The molecule has 1 aromatic carbocycles. The van der Waals surface area contributed by atoms with Gasteiger partial charge in [0.15, 0.2) is 0 Å². The van der Waals surface area contributed by atoms with E-state index in [0.29, 0.717) is 18.8 Å². The van der Waals surface area contributed by atoms with E-state index in [2.05, 4.69) is 20.9 Å². The summed E-state index contributed by atoms with van der Waals surface area (Å²) in [6.07, 6.45) is 4.85. The van der Waals surface area contributed by atoms with Gasteiger partial charge in [-0.15, -0.1) is 0 Å². The minimum absolute atomic E-state index is 0.0552. The SMILES string of the molecule is CNC(=O)[C@H](Cc1c[nH]c2ccccc12)NC(=O)CCC1CCNC1. The molecule has 0 radical (unpaired) electrons. The molecule has 134 valence electrons. The molecule has 2 aromatic rings. The summed E-state index contributed by atoms with van der Waals surface area (Å²) in [5.74, 6) is 0.347. The first-order chi connectivity index (χ1) is 12.2. The number of hydrogen-bond donors (Lipinski definition) is 4. The van der Waals surface area contributed by atoms with Crippen LogP contribution in [0.2, 0.25) is 0 Å². The van der Waals surface area contributed by atoms with Crippen LogP contribution in [-0.2, 0) is 16.0 Å². The molecule has 4 N–H and O–H groups in total. The summed E-state index contributed by atoms with van der Waals surface area (Å²) in [6.45, 7) is 2.02. The van der Waals surface area contributed by atoms with Crippen molar-refractivity contribution in [2.45, 2.75) is 31.7 Å². The van der Waals surface area contributed by atoms with E-state index in [1.165, 1.54) is 0 Å². The van der Waals surface area contributed by atoms with Crippen LogP contribution in [0.15, 0.2) is 30.5 Å². The van der Waals surface area contributed by atoms with Gasteiger partial charge in [0.2, 0.25) is 11.8 Å². The number of aromatic amines is 1. The second-order valence-corrected chi connectivity index (χ2v) is 6.70. The summed E-state index contributed by atoms with van der Waals surface area (Å²) in [7, 11) is 1.60. The van der Waals surface area contributed by atoms with Gasteiger partial charge in [0.25, 0.3) is 0 Å². The Bertz CT molecular complexity index is 734. The molecule has 1 aliphatic rings. The van der Waals surface area contributed by atoms with Gasteiger partial charge in [-0.3, -0.25) is 9.59 Å². The molecule has 0 aliphatic carbocycles. The number of amides is 2. The number of nitrogens with one attached hydrogen (secondary N) is 4. The third-order valence-corrected chi connectivity index (χ3v) is 4.94. The fourth-order valence-corrected chi connectivity index (χ4v) is 3.47. The monoisotopic (exact) mass is 342 g/mol. The topological polar surface area (TPSA) is 86.0 Å². The Morgan fingerprint density at radius 3 is 2.92 bits per heavy atom. The number of rotatable bonds is 7. The highest BCUT2D eigenvalue weighted by Gasteiger charge is 2.22. The molecule has 6 heteroatoms. The number of para-hydroxylation sites is 1. The summed E-state index contributed by atoms with van der Waals surface area (Å²) in [5, 5.41) is 9.96. The van der Waals surface area contributed by atoms with Crippen LogP contribution >= 0.6 is 0 Å². The number of aromatic nitrogens is 1. The smallest absolute Gasteiger partial charge is 0.242 e. The summed E-state index contributed by atoms with van der Waals surface area (Å²) in [5.41, 5.74) is 2.07. The lowest BCUT2D eigenvalue weighted by atomic mass is 10.0. The fourth-order valence-electron chi connectivity index (χ4n) is 3.47. The molecule has 0 spiro atoms. The molecule has 1 aromatic heterocycles. The van der Waals surface area contributed by atoms with Crippen molar-refractivity contribution >= 4 is 22.7 Å². The molecule has 1 fully saturated rings. The van der Waals surface area contributed by atoms with Gasteiger partial charge in [-0.2, -0.15) is 0 Å². The minimum atomic E-state index is -0.557. The molecule has 2 heterocycles. The average molecular weight is 342 g/mol. The summed E-state index contributed by atoms with van der Waals surface area (Å²) in [4.78, 5) is 27.7. The standard InChI is InChI=1S/C19H26N4O2/c1-20-19(25)17(23-18(24)7-6-13-8-9-21-11-13)10-14-12-22-16-5-3-2-4-15(14)16/h2-5,12-13,17,21-22H,6-11H2,1H3,(H,20,25)(H,23,24)/t13?,17-/m0/s1.